The molecule has 126 valence electrons. The first-order valence-electron chi connectivity index (χ1n) is 7.96. The number of hydrogen-bond acceptors (Lipinski definition) is 5. The molecule has 2 fully saturated rings. The van der Waals surface area contributed by atoms with Gasteiger partial charge in [0.2, 0.25) is 0 Å². The Hall–Kier alpha value is -1.79. The lowest BCUT2D eigenvalue weighted by Gasteiger charge is -2.31. The monoisotopic (exact) mass is 321 g/mol. The highest BCUT2D eigenvalue weighted by Crippen LogP contribution is 2.37. The molecule has 0 radical (unpaired) electrons. The van der Waals surface area contributed by atoms with Gasteiger partial charge in [0.05, 0.1) is 40.1 Å². The molecular formula is C17H23NO5. The van der Waals surface area contributed by atoms with Gasteiger partial charge in [0.15, 0.2) is 17.6 Å². The predicted octanol–water partition coefficient (Wildman–Crippen LogP) is 1.78. The highest BCUT2D eigenvalue weighted by molar-refractivity contribution is 5.82. The van der Waals surface area contributed by atoms with E-state index in [1.54, 1.807) is 14.2 Å². The van der Waals surface area contributed by atoms with Gasteiger partial charge < -0.3 is 23.8 Å². The Morgan fingerprint density at radius 2 is 2.04 bits per heavy atom. The molecule has 2 saturated heterocycles. The second kappa shape index (κ2) is 7.19. The molecule has 0 aliphatic carbocycles. The van der Waals surface area contributed by atoms with Gasteiger partial charge in [-0.05, 0) is 30.5 Å². The maximum absolute atomic E-state index is 12.7. The Morgan fingerprint density at radius 1 is 1.22 bits per heavy atom. The molecule has 2 atom stereocenters. The molecule has 6 heteroatoms. The number of amides is 1. The first-order chi connectivity index (χ1) is 11.2. The standard InChI is InChI=1S/C17H23NO5/c1-20-14-6-5-12(10-15(14)21-2)13-4-3-7-18(13)17(19)16-11-22-8-9-23-16/h5-6,10,13,16H,3-4,7-9,11H2,1-2H3/t13-,16-/m1/s1. The van der Waals surface area contributed by atoms with Crippen LogP contribution in [0, 0.1) is 0 Å². The molecule has 0 bridgehead atoms. The zero-order valence-corrected chi connectivity index (χ0v) is 13.6. The van der Waals surface area contributed by atoms with E-state index in [0.29, 0.717) is 31.3 Å². The number of methoxy groups -OCH3 is 2. The maximum atomic E-state index is 12.7. The van der Waals surface area contributed by atoms with Gasteiger partial charge in [-0.2, -0.15) is 0 Å². The van der Waals surface area contributed by atoms with Crippen molar-refractivity contribution in [1.29, 1.82) is 0 Å². The minimum atomic E-state index is -0.482. The van der Waals surface area contributed by atoms with Crippen LogP contribution >= 0.6 is 0 Å². The molecule has 2 aliphatic heterocycles. The normalized spacial score (nSPS) is 24.5. The van der Waals surface area contributed by atoms with Crippen molar-refractivity contribution < 1.29 is 23.7 Å². The Kier molecular flexibility index (Phi) is 5.03. The molecule has 1 aromatic rings. The van der Waals surface area contributed by atoms with E-state index < -0.39 is 6.10 Å². The third kappa shape index (κ3) is 3.28. The molecule has 1 amide bonds. The van der Waals surface area contributed by atoms with E-state index in [1.807, 2.05) is 23.1 Å². The Labute approximate surface area is 136 Å². The number of benzene rings is 1. The smallest absolute Gasteiger partial charge is 0.254 e. The third-order valence-electron chi connectivity index (χ3n) is 4.42. The van der Waals surface area contributed by atoms with Crippen LogP contribution in [0.2, 0.25) is 0 Å². The van der Waals surface area contributed by atoms with Crippen molar-refractivity contribution in [3.05, 3.63) is 23.8 Å². The summed E-state index contributed by atoms with van der Waals surface area (Å²) in [7, 11) is 3.23. The number of carbonyl (C=O) groups excluding carboxylic acids is 1. The fourth-order valence-corrected chi connectivity index (χ4v) is 3.25. The summed E-state index contributed by atoms with van der Waals surface area (Å²) < 4.78 is 21.6. The summed E-state index contributed by atoms with van der Waals surface area (Å²) in [6.07, 6.45) is 1.44. The van der Waals surface area contributed by atoms with Gasteiger partial charge in [0.1, 0.15) is 0 Å². The number of nitrogens with zero attached hydrogens (tertiary/aromatic N) is 1. The second-order valence-electron chi connectivity index (χ2n) is 5.74. The summed E-state index contributed by atoms with van der Waals surface area (Å²) in [5.74, 6) is 1.39. The largest absolute Gasteiger partial charge is 0.493 e. The number of rotatable bonds is 4. The highest BCUT2D eigenvalue weighted by Gasteiger charge is 2.35. The molecule has 0 unspecified atom stereocenters. The van der Waals surface area contributed by atoms with Gasteiger partial charge in [0, 0.05) is 6.54 Å². The lowest BCUT2D eigenvalue weighted by molar-refractivity contribution is -0.158. The second-order valence-corrected chi connectivity index (χ2v) is 5.74. The van der Waals surface area contributed by atoms with Crippen molar-refractivity contribution in [3.63, 3.8) is 0 Å². The Balaban J connectivity index is 1.79. The summed E-state index contributed by atoms with van der Waals surface area (Å²) in [6, 6.07) is 5.88. The molecule has 0 saturated carbocycles. The number of ether oxygens (including phenoxy) is 4. The zero-order valence-electron chi connectivity index (χ0n) is 13.6. The summed E-state index contributed by atoms with van der Waals surface area (Å²) in [4.78, 5) is 14.6. The van der Waals surface area contributed by atoms with E-state index in [0.717, 1.165) is 24.9 Å². The van der Waals surface area contributed by atoms with Gasteiger partial charge >= 0.3 is 0 Å². The van der Waals surface area contributed by atoms with E-state index >= 15 is 0 Å². The number of carbonyl (C=O) groups is 1. The van der Waals surface area contributed by atoms with Gasteiger partial charge in [-0.25, -0.2) is 0 Å². The summed E-state index contributed by atoms with van der Waals surface area (Å²) >= 11 is 0. The molecule has 0 aromatic heterocycles. The first-order valence-corrected chi connectivity index (χ1v) is 7.96. The first kappa shape index (κ1) is 16.1. The van der Waals surface area contributed by atoms with E-state index in [1.165, 1.54) is 0 Å². The van der Waals surface area contributed by atoms with Crippen LogP contribution in [0.5, 0.6) is 11.5 Å². The lowest BCUT2D eigenvalue weighted by atomic mass is 10.0. The highest BCUT2D eigenvalue weighted by atomic mass is 16.6. The SMILES string of the molecule is COc1ccc([C@H]2CCCN2C(=O)[C@H]2COCCO2)cc1OC. The molecule has 23 heavy (non-hydrogen) atoms. The van der Waals surface area contributed by atoms with E-state index in [9.17, 15) is 4.79 Å². The van der Waals surface area contributed by atoms with Crippen molar-refractivity contribution >= 4 is 5.91 Å². The van der Waals surface area contributed by atoms with Crippen molar-refractivity contribution in [2.24, 2.45) is 0 Å². The average Bonchev–Trinajstić information content (AvgIpc) is 3.10. The average molecular weight is 321 g/mol. The quantitative estimate of drug-likeness (QED) is 0.846. The molecule has 3 rings (SSSR count). The van der Waals surface area contributed by atoms with E-state index in [4.69, 9.17) is 18.9 Å². The van der Waals surface area contributed by atoms with E-state index in [2.05, 4.69) is 0 Å². The minimum absolute atomic E-state index is 0.0157. The molecule has 2 heterocycles. The third-order valence-corrected chi connectivity index (χ3v) is 4.42. The Bertz CT molecular complexity index is 556. The fourth-order valence-electron chi connectivity index (χ4n) is 3.25. The minimum Gasteiger partial charge on any atom is -0.493 e. The van der Waals surface area contributed by atoms with Crippen LogP contribution in [0.4, 0.5) is 0 Å². The van der Waals surface area contributed by atoms with Crippen LogP contribution in [0.25, 0.3) is 0 Å². The Morgan fingerprint density at radius 3 is 2.74 bits per heavy atom. The van der Waals surface area contributed by atoms with Crippen LogP contribution in [0.15, 0.2) is 18.2 Å². The fraction of sp³-hybridized carbons (Fsp3) is 0.588. The van der Waals surface area contributed by atoms with Crippen molar-refractivity contribution in [3.8, 4) is 11.5 Å². The zero-order chi connectivity index (χ0) is 16.2. The summed E-state index contributed by atoms with van der Waals surface area (Å²) in [5.41, 5.74) is 1.06. The molecule has 2 aliphatic rings. The van der Waals surface area contributed by atoms with Gasteiger partial charge in [-0.3, -0.25) is 4.79 Å². The van der Waals surface area contributed by atoms with Crippen LogP contribution < -0.4 is 9.47 Å². The van der Waals surface area contributed by atoms with Crippen molar-refractivity contribution in [2.45, 2.75) is 25.0 Å². The molecular weight excluding hydrogens is 298 g/mol. The van der Waals surface area contributed by atoms with E-state index in [-0.39, 0.29) is 11.9 Å². The van der Waals surface area contributed by atoms with Gasteiger partial charge in [-0.1, -0.05) is 6.07 Å². The van der Waals surface area contributed by atoms with Crippen LogP contribution in [-0.4, -0.2) is 57.5 Å². The van der Waals surface area contributed by atoms with Crippen LogP contribution in [0.3, 0.4) is 0 Å². The predicted molar refractivity (Wildman–Crippen MR) is 83.8 cm³/mol. The summed E-state index contributed by atoms with van der Waals surface area (Å²) in [5, 5.41) is 0. The number of hydrogen-bond donors (Lipinski definition) is 0. The molecule has 6 nitrogen and oxygen atoms in total. The maximum Gasteiger partial charge on any atom is 0.254 e. The lowest BCUT2D eigenvalue weighted by Crippen LogP contribution is -2.45. The van der Waals surface area contributed by atoms with Crippen LogP contribution in [0.1, 0.15) is 24.4 Å². The number of likely N-dealkylation sites (tertiary alicyclic amines) is 1. The summed E-state index contributed by atoms with van der Waals surface area (Å²) in [6.45, 7) is 2.12. The van der Waals surface area contributed by atoms with Gasteiger partial charge in [0.25, 0.3) is 5.91 Å². The van der Waals surface area contributed by atoms with Crippen molar-refractivity contribution in [1.82, 2.24) is 4.90 Å². The van der Waals surface area contributed by atoms with Crippen LogP contribution in [-0.2, 0) is 14.3 Å². The molecule has 1 aromatic carbocycles. The molecule has 0 spiro atoms. The van der Waals surface area contributed by atoms with Crippen molar-refractivity contribution in [2.75, 3.05) is 40.6 Å². The molecule has 0 N–H and O–H groups in total. The van der Waals surface area contributed by atoms with Gasteiger partial charge in [-0.15, -0.1) is 0 Å². The topological polar surface area (TPSA) is 57.2 Å².